The van der Waals surface area contributed by atoms with E-state index in [2.05, 4.69) is 5.32 Å². The Balaban J connectivity index is 2.76. The Morgan fingerprint density at radius 3 is 2.45 bits per heavy atom. The lowest BCUT2D eigenvalue weighted by atomic mass is 10.1. The van der Waals surface area contributed by atoms with Gasteiger partial charge in [0.2, 0.25) is 0 Å². The van der Waals surface area contributed by atoms with Crippen molar-refractivity contribution in [2.75, 3.05) is 25.7 Å². The van der Waals surface area contributed by atoms with Gasteiger partial charge in [0.15, 0.2) is 5.78 Å². The Morgan fingerprint density at radius 1 is 1.30 bits per heavy atom. The molecule has 0 aliphatic carbocycles. The topological polar surface area (TPSA) is 64.6 Å². The van der Waals surface area contributed by atoms with Gasteiger partial charge in [0, 0.05) is 12.1 Å². The van der Waals surface area contributed by atoms with Crippen LogP contribution in [0.3, 0.4) is 0 Å². The van der Waals surface area contributed by atoms with E-state index in [1.165, 1.54) is 0 Å². The number of hydrogen-bond donors (Lipinski definition) is 1. The minimum Gasteiger partial charge on any atom is -0.497 e. The zero-order valence-electron chi connectivity index (χ0n) is 11.5. The minimum atomic E-state index is -1.10. The highest BCUT2D eigenvalue weighted by Gasteiger charge is 2.22. The van der Waals surface area contributed by atoms with E-state index in [0.29, 0.717) is 11.4 Å². The van der Waals surface area contributed by atoms with Gasteiger partial charge in [0.05, 0.1) is 13.7 Å². The maximum Gasteiger partial charge on any atom is 0.329 e. The van der Waals surface area contributed by atoms with Crippen LogP contribution in [0.25, 0.3) is 0 Å². The molecule has 20 heavy (non-hydrogen) atoms. The number of methoxy groups -OCH3 is 1. The molecule has 0 heterocycles. The van der Waals surface area contributed by atoms with Crippen molar-refractivity contribution in [3.05, 3.63) is 24.3 Å². The van der Waals surface area contributed by atoms with Crippen molar-refractivity contribution in [1.29, 1.82) is 0 Å². The average molecular weight is 283 g/mol. The number of esters is 1. The van der Waals surface area contributed by atoms with Crippen LogP contribution in [0.1, 0.15) is 13.3 Å². The fraction of sp³-hybridized carbons (Fsp3) is 0.429. The van der Waals surface area contributed by atoms with Gasteiger partial charge in [-0.2, -0.15) is 0 Å². The predicted octanol–water partition coefficient (Wildman–Crippen LogP) is 1.97. The van der Waals surface area contributed by atoms with Crippen LogP contribution in [0.4, 0.5) is 10.1 Å². The number of ether oxygens (including phenoxy) is 2. The number of Topliss-reactive ketones (excluding diaryl/α,β-unsaturated/α-hetero) is 1. The van der Waals surface area contributed by atoms with Gasteiger partial charge in [0.25, 0.3) is 0 Å². The highest BCUT2D eigenvalue weighted by molar-refractivity contribution is 5.89. The zero-order chi connectivity index (χ0) is 15.0. The molecular formula is C14H18FNO4. The van der Waals surface area contributed by atoms with Crippen molar-refractivity contribution in [1.82, 2.24) is 0 Å². The molecule has 0 fully saturated rings. The molecule has 1 aromatic rings. The van der Waals surface area contributed by atoms with Gasteiger partial charge in [-0.3, -0.25) is 4.79 Å². The average Bonchev–Trinajstić information content (AvgIpc) is 2.47. The van der Waals surface area contributed by atoms with E-state index in [1.807, 2.05) is 0 Å². The molecule has 0 bridgehead atoms. The van der Waals surface area contributed by atoms with E-state index in [4.69, 9.17) is 9.47 Å². The number of rotatable bonds is 8. The summed E-state index contributed by atoms with van der Waals surface area (Å²) in [5, 5.41) is 2.86. The molecule has 0 radical (unpaired) electrons. The molecule has 0 saturated carbocycles. The van der Waals surface area contributed by atoms with Gasteiger partial charge in [-0.1, -0.05) is 0 Å². The van der Waals surface area contributed by atoms with Crippen LogP contribution in [-0.2, 0) is 14.3 Å². The zero-order valence-corrected chi connectivity index (χ0v) is 11.5. The fourth-order valence-electron chi connectivity index (χ4n) is 1.61. The third-order valence-corrected chi connectivity index (χ3v) is 2.58. The quantitative estimate of drug-likeness (QED) is 0.739. The second kappa shape index (κ2) is 8.14. The third-order valence-electron chi connectivity index (χ3n) is 2.58. The number of alkyl halides is 1. The number of carbonyl (C=O) groups excluding carboxylic acids is 2. The number of ketones is 1. The molecule has 1 aromatic carbocycles. The molecular weight excluding hydrogens is 265 g/mol. The molecule has 0 spiro atoms. The maximum absolute atomic E-state index is 12.3. The summed E-state index contributed by atoms with van der Waals surface area (Å²) in [6, 6.07) is 5.92. The van der Waals surface area contributed by atoms with Gasteiger partial charge in [-0.25, -0.2) is 9.18 Å². The number of hydrogen-bond acceptors (Lipinski definition) is 5. The van der Waals surface area contributed by atoms with E-state index in [0.717, 1.165) is 0 Å². The molecule has 1 N–H and O–H groups in total. The first kappa shape index (κ1) is 15.9. The molecule has 0 aromatic heterocycles. The Morgan fingerprint density at radius 2 is 1.95 bits per heavy atom. The summed E-state index contributed by atoms with van der Waals surface area (Å²) >= 11 is 0. The Labute approximate surface area is 117 Å². The summed E-state index contributed by atoms with van der Waals surface area (Å²) in [5.41, 5.74) is 0.621. The minimum absolute atomic E-state index is 0.198. The Hall–Kier alpha value is -2.11. The summed E-state index contributed by atoms with van der Waals surface area (Å²) in [6.07, 6.45) is -0.249. The monoisotopic (exact) mass is 283 g/mol. The molecule has 0 aliphatic heterocycles. The number of nitrogens with one attached hydrogen (secondary N) is 1. The van der Waals surface area contributed by atoms with Crippen LogP contribution in [0.15, 0.2) is 24.3 Å². The largest absolute Gasteiger partial charge is 0.497 e. The van der Waals surface area contributed by atoms with Crippen molar-refractivity contribution in [2.45, 2.75) is 19.4 Å². The van der Waals surface area contributed by atoms with Crippen molar-refractivity contribution < 1.29 is 23.5 Å². The molecule has 0 amide bonds. The third kappa shape index (κ3) is 4.87. The van der Waals surface area contributed by atoms with Gasteiger partial charge >= 0.3 is 5.97 Å². The van der Waals surface area contributed by atoms with E-state index < -0.39 is 24.5 Å². The van der Waals surface area contributed by atoms with Crippen molar-refractivity contribution in [3.8, 4) is 5.75 Å². The van der Waals surface area contributed by atoms with Crippen LogP contribution in [0.5, 0.6) is 5.75 Å². The van der Waals surface area contributed by atoms with E-state index in [1.54, 1.807) is 38.3 Å². The molecule has 1 atom stereocenters. The normalized spacial score (nSPS) is 11.6. The van der Waals surface area contributed by atoms with Crippen molar-refractivity contribution in [2.24, 2.45) is 0 Å². The second-order valence-corrected chi connectivity index (χ2v) is 4.05. The number of halogens is 1. The number of benzene rings is 1. The summed E-state index contributed by atoms with van der Waals surface area (Å²) in [7, 11) is 1.55. The SMILES string of the molecule is CCOC(=O)C(CC(=O)CF)Nc1ccc(OC)cc1. The standard InChI is InChI=1S/C14H18FNO4/c1-3-20-14(18)13(8-11(17)9-15)16-10-4-6-12(19-2)7-5-10/h4-7,13,16H,3,8-9H2,1-2H3. The van der Waals surface area contributed by atoms with E-state index in [-0.39, 0.29) is 13.0 Å². The lowest BCUT2D eigenvalue weighted by molar-refractivity contribution is -0.145. The van der Waals surface area contributed by atoms with E-state index in [9.17, 15) is 14.0 Å². The van der Waals surface area contributed by atoms with Crippen molar-refractivity contribution in [3.63, 3.8) is 0 Å². The van der Waals surface area contributed by atoms with Gasteiger partial charge in [0.1, 0.15) is 18.5 Å². The highest BCUT2D eigenvalue weighted by Crippen LogP contribution is 2.17. The first-order valence-corrected chi connectivity index (χ1v) is 6.25. The summed E-state index contributed by atoms with van der Waals surface area (Å²) in [5.74, 6) is -0.558. The summed E-state index contributed by atoms with van der Waals surface area (Å²) in [4.78, 5) is 22.9. The lowest BCUT2D eigenvalue weighted by Gasteiger charge is -2.17. The van der Waals surface area contributed by atoms with Gasteiger partial charge in [-0.15, -0.1) is 0 Å². The fourth-order valence-corrected chi connectivity index (χ4v) is 1.61. The Bertz CT molecular complexity index is 447. The summed E-state index contributed by atoms with van der Waals surface area (Å²) in [6.45, 7) is 0.767. The molecule has 6 heteroatoms. The molecule has 5 nitrogen and oxygen atoms in total. The van der Waals surface area contributed by atoms with Gasteiger partial charge in [-0.05, 0) is 31.2 Å². The molecule has 1 rings (SSSR count). The van der Waals surface area contributed by atoms with Crippen LogP contribution >= 0.6 is 0 Å². The maximum atomic E-state index is 12.3. The highest BCUT2D eigenvalue weighted by atomic mass is 19.1. The molecule has 0 saturated heterocycles. The van der Waals surface area contributed by atoms with Crippen LogP contribution in [-0.4, -0.2) is 38.2 Å². The molecule has 0 aliphatic rings. The first-order valence-electron chi connectivity index (χ1n) is 6.25. The second-order valence-electron chi connectivity index (χ2n) is 4.05. The van der Waals surface area contributed by atoms with Crippen LogP contribution < -0.4 is 10.1 Å². The smallest absolute Gasteiger partial charge is 0.329 e. The Kier molecular flexibility index (Phi) is 6.49. The van der Waals surface area contributed by atoms with Crippen molar-refractivity contribution >= 4 is 17.4 Å². The van der Waals surface area contributed by atoms with Gasteiger partial charge < -0.3 is 14.8 Å². The molecule has 1 unspecified atom stereocenters. The van der Waals surface area contributed by atoms with Crippen LogP contribution in [0, 0.1) is 0 Å². The molecule has 110 valence electrons. The van der Waals surface area contributed by atoms with Crippen LogP contribution in [0.2, 0.25) is 0 Å². The van der Waals surface area contributed by atoms with E-state index >= 15 is 0 Å². The first-order chi connectivity index (χ1) is 9.60. The number of anilines is 1. The lowest BCUT2D eigenvalue weighted by Crippen LogP contribution is -2.34. The number of carbonyl (C=O) groups is 2. The predicted molar refractivity (Wildman–Crippen MR) is 72.6 cm³/mol. The summed E-state index contributed by atoms with van der Waals surface area (Å²) < 4.78 is 22.2.